The molecule has 7 nitrogen and oxygen atoms in total. The standard InChI is InChI=1S/C22H16ClN3O4/c1-2-30-17-10-3-14(4-11-17)5-12-18-19(13-24)21(27)26(25-20(18)22(28)29)16-8-6-15(23)7-9-16/h3-12H,2H2,1H3,(H,28,29)/b12-5-. The first-order valence-electron chi connectivity index (χ1n) is 8.92. The Balaban J connectivity index is 2.11. The van der Waals surface area contributed by atoms with E-state index in [1.54, 1.807) is 30.3 Å². The van der Waals surface area contributed by atoms with Crippen LogP contribution in [0.3, 0.4) is 0 Å². The number of aromatic nitrogens is 2. The molecule has 0 aliphatic heterocycles. The minimum absolute atomic E-state index is 0.0610. The van der Waals surface area contributed by atoms with E-state index in [4.69, 9.17) is 16.3 Å². The van der Waals surface area contributed by atoms with Crippen molar-refractivity contribution in [2.45, 2.75) is 6.92 Å². The maximum atomic E-state index is 12.8. The fourth-order valence-corrected chi connectivity index (χ4v) is 2.87. The SMILES string of the molecule is CCOc1ccc(/C=C\c2c(C(=O)O)nn(-c3ccc(Cl)cc3)c(=O)c2C#N)cc1. The minimum atomic E-state index is -1.36. The van der Waals surface area contributed by atoms with Gasteiger partial charge in [0.1, 0.15) is 17.4 Å². The van der Waals surface area contributed by atoms with Gasteiger partial charge >= 0.3 is 5.97 Å². The topological polar surface area (TPSA) is 105 Å². The van der Waals surface area contributed by atoms with Gasteiger partial charge in [0.25, 0.3) is 5.56 Å². The fraction of sp³-hybridized carbons (Fsp3) is 0.0909. The van der Waals surface area contributed by atoms with Crippen molar-refractivity contribution in [3.63, 3.8) is 0 Å². The lowest BCUT2D eigenvalue weighted by atomic mass is 10.1. The summed E-state index contributed by atoms with van der Waals surface area (Å²) in [6, 6.07) is 15.0. The van der Waals surface area contributed by atoms with Gasteiger partial charge in [-0.1, -0.05) is 35.9 Å². The summed E-state index contributed by atoms with van der Waals surface area (Å²) < 4.78 is 6.26. The Morgan fingerprint density at radius 1 is 1.20 bits per heavy atom. The van der Waals surface area contributed by atoms with Crippen LogP contribution in [-0.4, -0.2) is 27.5 Å². The molecule has 0 spiro atoms. The maximum absolute atomic E-state index is 12.8. The lowest BCUT2D eigenvalue weighted by molar-refractivity contribution is 0.0688. The number of carbonyl (C=O) groups is 1. The minimum Gasteiger partial charge on any atom is -0.494 e. The summed E-state index contributed by atoms with van der Waals surface area (Å²) in [5, 5.41) is 23.6. The molecule has 0 atom stereocenters. The van der Waals surface area contributed by atoms with Crippen LogP contribution in [0.25, 0.3) is 17.8 Å². The Labute approximate surface area is 177 Å². The number of nitrogens with zero attached hydrogens (tertiary/aromatic N) is 3. The molecule has 3 rings (SSSR count). The first-order chi connectivity index (χ1) is 14.4. The smallest absolute Gasteiger partial charge is 0.357 e. The van der Waals surface area contributed by atoms with Crippen molar-refractivity contribution in [2.24, 2.45) is 0 Å². The van der Waals surface area contributed by atoms with Crippen molar-refractivity contribution < 1.29 is 14.6 Å². The van der Waals surface area contributed by atoms with E-state index in [1.165, 1.54) is 30.3 Å². The molecule has 30 heavy (non-hydrogen) atoms. The monoisotopic (exact) mass is 421 g/mol. The van der Waals surface area contributed by atoms with Gasteiger partial charge < -0.3 is 9.84 Å². The van der Waals surface area contributed by atoms with Crippen LogP contribution in [-0.2, 0) is 0 Å². The van der Waals surface area contributed by atoms with Gasteiger partial charge in [-0.25, -0.2) is 4.79 Å². The van der Waals surface area contributed by atoms with E-state index in [9.17, 15) is 20.0 Å². The third-order valence-corrected chi connectivity index (χ3v) is 4.40. The molecule has 8 heteroatoms. The largest absolute Gasteiger partial charge is 0.494 e. The van der Waals surface area contributed by atoms with Gasteiger partial charge in [0.15, 0.2) is 5.69 Å². The van der Waals surface area contributed by atoms with Gasteiger partial charge in [0, 0.05) is 10.6 Å². The Bertz CT molecular complexity index is 1210. The maximum Gasteiger partial charge on any atom is 0.357 e. The van der Waals surface area contributed by atoms with Crippen LogP contribution in [0.1, 0.15) is 34.1 Å². The van der Waals surface area contributed by atoms with Crippen LogP contribution in [0.2, 0.25) is 5.02 Å². The van der Waals surface area contributed by atoms with Crippen LogP contribution < -0.4 is 10.3 Å². The number of halogens is 1. The summed E-state index contributed by atoms with van der Waals surface area (Å²) in [5.41, 5.74) is -0.487. The molecule has 1 aromatic heterocycles. The molecule has 0 amide bonds. The Kier molecular flexibility index (Phi) is 6.30. The highest BCUT2D eigenvalue weighted by Gasteiger charge is 2.21. The molecule has 0 fully saturated rings. The molecular weight excluding hydrogens is 406 g/mol. The van der Waals surface area contributed by atoms with Crippen LogP contribution in [0.4, 0.5) is 0 Å². The molecule has 2 aromatic carbocycles. The van der Waals surface area contributed by atoms with E-state index < -0.39 is 17.2 Å². The number of nitriles is 1. The third kappa shape index (κ3) is 4.40. The van der Waals surface area contributed by atoms with Gasteiger partial charge in [-0.2, -0.15) is 15.0 Å². The number of aromatic carboxylic acids is 1. The Hall–Kier alpha value is -3.89. The number of carboxylic acids is 1. The van der Waals surface area contributed by atoms with Gasteiger partial charge in [-0.05, 0) is 48.9 Å². The normalized spacial score (nSPS) is 10.7. The van der Waals surface area contributed by atoms with Gasteiger partial charge in [-0.15, -0.1) is 0 Å². The number of benzene rings is 2. The molecule has 0 aliphatic rings. The molecule has 3 aromatic rings. The molecule has 0 unspecified atom stereocenters. The highest BCUT2D eigenvalue weighted by atomic mass is 35.5. The first-order valence-corrected chi connectivity index (χ1v) is 9.30. The van der Waals surface area contributed by atoms with E-state index in [0.29, 0.717) is 23.1 Å². The zero-order valence-corrected chi connectivity index (χ0v) is 16.6. The predicted molar refractivity (Wildman–Crippen MR) is 113 cm³/mol. The molecule has 1 heterocycles. The number of hydrogen-bond donors (Lipinski definition) is 1. The van der Waals surface area contributed by atoms with E-state index in [0.717, 1.165) is 10.2 Å². The predicted octanol–water partition coefficient (Wildman–Crippen LogP) is 4.02. The second-order valence-corrected chi connectivity index (χ2v) is 6.52. The lowest BCUT2D eigenvalue weighted by Crippen LogP contribution is -2.28. The molecular formula is C22H16ClN3O4. The van der Waals surface area contributed by atoms with Crippen molar-refractivity contribution in [1.29, 1.82) is 5.26 Å². The third-order valence-electron chi connectivity index (χ3n) is 4.15. The summed E-state index contributed by atoms with van der Waals surface area (Å²) in [5.74, 6) is -0.661. The average Bonchev–Trinajstić information content (AvgIpc) is 2.74. The van der Waals surface area contributed by atoms with E-state index in [1.807, 2.05) is 13.0 Å². The summed E-state index contributed by atoms with van der Waals surface area (Å²) >= 11 is 5.86. The van der Waals surface area contributed by atoms with Crippen LogP contribution >= 0.6 is 11.6 Å². The molecule has 0 saturated heterocycles. The van der Waals surface area contributed by atoms with E-state index in [2.05, 4.69) is 5.10 Å². The molecule has 0 aliphatic carbocycles. The van der Waals surface area contributed by atoms with E-state index in [-0.39, 0.29) is 11.1 Å². The van der Waals surface area contributed by atoms with Gasteiger partial charge in [0.05, 0.1) is 12.3 Å². The Morgan fingerprint density at radius 2 is 1.87 bits per heavy atom. The molecule has 0 bridgehead atoms. The van der Waals surface area contributed by atoms with Crippen molar-refractivity contribution in [1.82, 2.24) is 9.78 Å². The van der Waals surface area contributed by atoms with Crippen LogP contribution in [0.5, 0.6) is 5.75 Å². The summed E-state index contributed by atoms with van der Waals surface area (Å²) in [7, 11) is 0. The van der Waals surface area contributed by atoms with Gasteiger partial charge in [-0.3, -0.25) is 4.79 Å². The summed E-state index contributed by atoms with van der Waals surface area (Å²) in [4.78, 5) is 24.6. The number of carboxylic acid groups (broad SMARTS) is 1. The zero-order chi connectivity index (χ0) is 21.7. The quantitative estimate of drug-likeness (QED) is 0.644. The average molecular weight is 422 g/mol. The van der Waals surface area contributed by atoms with Crippen molar-refractivity contribution >= 4 is 29.7 Å². The number of rotatable bonds is 6. The molecule has 150 valence electrons. The molecule has 1 N–H and O–H groups in total. The number of hydrogen-bond acceptors (Lipinski definition) is 5. The highest BCUT2D eigenvalue weighted by Crippen LogP contribution is 2.18. The fourth-order valence-electron chi connectivity index (χ4n) is 2.75. The summed E-state index contributed by atoms with van der Waals surface area (Å²) in [6.07, 6.45) is 3.00. The Morgan fingerprint density at radius 3 is 2.43 bits per heavy atom. The lowest BCUT2D eigenvalue weighted by Gasteiger charge is -2.10. The van der Waals surface area contributed by atoms with Crippen LogP contribution in [0, 0.1) is 11.3 Å². The highest BCUT2D eigenvalue weighted by molar-refractivity contribution is 6.30. The second-order valence-electron chi connectivity index (χ2n) is 6.08. The van der Waals surface area contributed by atoms with Crippen molar-refractivity contribution in [2.75, 3.05) is 6.61 Å². The number of ether oxygens (including phenoxy) is 1. The molecule has 0 radical (unpaired) electrons. The van der Waals surface area contributed by atoms with Crippen molar-refractivity contribution in [3.8, 4) is 17.5 Å². The molecule has 0 saturated carbocycles. The van der Waals surface area contributed by atoms with Gasteiger partial charge in [0.2, 0.25) is 0 Å². The van der Waals surface area contributed by atoms with Crippen molar-refractivity contribution in [3.05, 3.63) is 86.3 Å². The first kappa shape index (κ1) is 20.8. The second kappa shape index (κ2) is 9.07. The summed E-state index contributed by atoms with van der Waals surface area (Å²) in [6.45, 7) is 2.42. The zero-order valence-electron chi connectivity index (χ0n) is 15.9. The van der Waals surface area contributed by atoms with Crippen LogP contribution in [0.15, 0.2) is 53.3 Å². The van der Waals surface area contributed by atoms with E-state index >= 15 is 0 Å².